The highest BCUT2D eigenvalue weighted by molar-refractivity contribution is 5.81. The van der Waals surface area contributed by atoms with Crippen LogP contribution in [0.4, 0.5) is 30.7 Å². The summed E-state index contributed by atoms with van der Waals surface area (Å²) in [5.41, 5.74) is -3.44. The summed E-state index contributed by atoms with van der Waals surface area (Å²) in [4.78, 5) is 16.2. The van der Waals surface area contributed by atoms with Crippen molar-refractivity contribution in [3.63, 3.8) is 0 Å². The Morgan fingerprint density at radius 1 is 1.28 bits per heavy atom. The largest absolute Gasteiger partial charge is 0.480 e. The number of pyridine rings is 1. The Bertz CT molecular complexity index is 1330. The number of aliphatic hydroxyl groups is 1. The standard InChI is InChI=1S/C22H19F7N4O3/c1-3-32-19(10-34)31-33(21(32)35)17-8-18(36-11(2)22(27,28)29)14(7-16(17)24)15(23)6-12-9-30-5-4-13(12)20(25)26/h4-9,11,20,34H,3,10H2,1-2H3/b15-6-/t11-/m0/s1. The van der Waals surface area contributed by atoms with Crippen molar-refractivity contribution in [3.05, 3.63) is 69.4 Å². The maximum atomic E-state index is 15.2. The van der Waals surface area contributed by atoms with Crippen LogP contribution < -0.4 is 10.4 Å². The number of halogens is 7. The summed E-state index contributed by atoms with van der Waals surface area (Å²) < 4.78 is 103. The van der Waals surface area contributed by atoms with Crippen LogP contribution in [0.2, 0.25) is 0 Å². The Balaban J connectivity index is 2.22. The van der Waals surface area contributed by atoms with Gasteiger partial charge in [-0.2, -0.15) is 17.9 Å². The Labute approximate surface area is 199 Å². The number of rotatable bonds is 8. The molecular weight excluding hydrogens is 501 g/mol. The Kier molecular flexibility index (Phi) is 7.86. The summed E-state index contributed by atoms with van der Waals surface area (Å²) in [6.45, 7) is 1.50. The number of alkyl halides is 5. The SMILES string of the molecule is CCn1c(CO)nn(-c2cc(O[C@@H](C)C(F)(F)F)c(/C(F)=C/c3cnccc3C(F)F)cc2F)c1=O. The first-order valence-electron chi connectivity index (χ1n) is 10.4. The molecule has 0 aliphatic rings. The van der Waals surface area contributed by atoms with E-state index in [0.29, 0.717) is 29.8 Å². The predicted octanol–water partition coefficient (Wildman–Crippen LogP) is 4.82. The lowest BCUT2D eigenvalue weighted by atomic mass is 10.1. The summed E-state index contributed by atoms with van der Waals surface area (Å²) in [6, 6.07) is 2.01. The van der Waals surface area contributed by atoms with Crippen molar-refractivity contribution in [3.8, 4) is 11.4 Å². The van der Waals surface area contributed by atoms with Gasteiger partial charge in [0.05, 0.1) is 5.56 Å². The fraction of sp³-hybridized carbons (Fsp3) is 0.318. The van der Waals surface area contributed by atoms with Crippen LogP contribution in [0.1, 0.15) is 42.8 Å². The fourth-order valence-corrected chi connectivity index (χ4v) is 3.23. The van der Waals surface area contributed by atoms with E-state index in [0.717, 1.165) is 23.0 Å². The van der Waals surface area contributed by atoms with Crippen molar-refractivity contribution >= 4 is 11.9 Å². The number of benzene rings is 1. The zero-order valence-electron chi connectivity index (χ0n) is 18.7. The molecule has 14 heteroatoms. The maximum Gasteiger partial charge on any atom is 0.425 e. The molecule has 0 saturated heterocycles. The van der Waals surface area contributed by atoms with Crippen LogP contribution in [0, 0.1) is 5.82 Å². The number of hydrogen-bond donors (Lipinski definition) is 1. The average Bonchev–Trinajstić information content (AvgIpc) is 3.14. The monoisotopic (exact) mass is 520 g/mol. The first-order valence-corrected chi connectivity index (χ1v) is 10.4. The number of ether oxygens (including phenoxy) is 1. The maximum absolute atomic E-state index is 15.2. The molecule has 1 atom stereocenters. The molecule has 0 aliphatic carbocycles. The zero-order chi connectivity index (χ0) is 26.8. The molecule has 0 fully saturated rings. The van der Waals surface area contributed by atoms with Gasteiger partial charge in [0, 0.05) is 36.1 Å². The highest BCUT2D eigenvalue weighted by atomic mass is 19.4. The number of nitrogens with zero attached hydrogens (tertiary/aromatic N) is 4. The predicted molar refractivity (Wildman–Crippen MR) is 114 cm³/mol. The lowest BCUT2D eigenvalue weighted by Crippen LogP contribution is -2.31. The van der Waals surface area contributed by atoms with Gasteiger partial charge in [0.15, 0.2) is 11.9 Å². The van der Waals surface area contributed by atoms with Crippen molar-refractivity contribution in [2.45, 2.75) is 45.7 Å². The molecule has 2 aromatic heterocycles. The quantitative estimate of drug-likeness (QED) is 0.431. The van der Waals surface area contributed by atoms with E-state index in [1.165, 1.54) is 6.92 Å². The van der Waals surface area contributed by atoms with Gasteiger partial charge >= 0.3 is 11.9 Å². The number of aliphatic hydroxyl groups excluding tert-OH is 1. The van der Waals surface area contributed by atoms with Gasteiger partial charge in [0.25, 0.3) is 6.43 Å². The highest BCUT2D eigenvalue weighted by Gasteiger charge is 2.39. The van der Waals surface area contributed by atoms with Crippen LogP contribution in [0.25, 0.3) is 17.6 Å². The Morgan fingerprint density at radius 3 is 2.53 bits per heavy atom. The van der Waals surface area contributed by atoms with E-state index >= 15 is 8.78 Å². The second kappa shape index (κ2) is 10.5. The van der Waals surface area contributed by atoms with Crippen LogP contribution in [-0.2, 0) is 13.2 Å². The van der Waals surface area contributed by atoms with Gasteiger partial charge in [-0.15, -0.1) is 5.10 Å². The van der Waals surface area contributed by atoms with Gasteiger partial charge in [-0.1, -0.05) is 0 Å². The van der Waals surface area contributed by atoms with Crippen molar-refractivity contribution in [2.24, 2.45) is 0 Å². The summed E-state index contributed by atoms with van der Waals surface area (Å²) >= 11 is 0. The van der Waals surface area contributed by atoms with E-state index in [1.54, 1.807) is 0 Å². The molecular formula is C22H19F7N4O3. The minimum Gasteiger partial charge on any atom is -0.480 e. The molecule has 0 amide bonds. The fourth-order valence-electron chi connectivity index (χ4n) is 3.23. The molecule has 2 heterocycles. The van der Waals surface area contributed by atoms with Crippen LogP contribution in [0.15, 0.2) is 35.4 Å². The number of aromatic nitrogens is 4. The van der Waals surface area contributed by atoms with Crippen molar-refractivity contribution < 1.29 is 40.6 Å². The molecule has 3 rings (SSSR count). The minimum atomic E-state index is -4.90. The van der Waals surface area contributed by atoms with E-state index in [1.807, 2.05) is 0 Å². The minimum absolute atomic E-state index is 0.0395. The second-order valence-corrected chi connectivity index (χ2v) is 7.41. The lowest BCUT2D eigenvalue weighted by molar-refractivity contribution is -0.189. The smallest absolute Gasteiger partial charge is 0.425 e. The summed E-state index contributed by atoms with van der Waals surface area (Å²) in [5, 5.41) is 13.2. The summed E-state index contributed by atoms with van der Waals surface area (Å²) in [6.07, 6.45) is -7.92. The van der Waals surface area contributed by atoms with Crippen molar-refractivity contribution in [2.75, 3.05) is 0 Å². The Morgan fingerprint density at radius 2 is 1.97 bits per heavy atom. The molecule has 0 spiro atoms. The van der Waals surface area contributed by atoms with Crippen molar-refractivity contribution in [1.82, 2.24) is 19.3 Å². The average molecular weight is 520 g/mol. The first-order chi connectivity index (χ1) is 16.9. The van der Waals surface area contributed by atoms with Crippen LogP contribution in [-0.4, -0.2) is 36.7 Å². The van der Waals surface area contributed by atoms with E-state index in [9.17, 15) is 31.9 Å². The van der Waals surface area contributed by atoms with E-state index in [4.69, 9.17) is 4.74 Å². The molecule has 0 saturated carbocycles. The van der Waals surface area contributed by atoms with Gasteiger partial charge in [-0.05, 0) is 32.1 Å². The Hall–Kier alpha value is -3.68. The molecule has 194 valence electrons. The molecule has 0 bridgehead atoms. The van der Waals surface area contributed by atoms with Gasteiger partial charge in [-0.25, -0.2) is 22.4 Å². The van der Waals surface area contributed by atoms with Crippen molar-refractivity contribution in [1.29, 1.82) is 0 Å². The summed E-state index contributed by atoms with van der Waals surface area (Å²) in [7, 11) is 0. The normalized spacial score (nSPS) is 13.4. The highest BCUT2D eigenvalue weighted by Crippen LogP contribution is 2.36. The third kappa shape index (κ3) is 5.42. The molecule has 0 aliphatic heterocycles. The van der Waals surface area contributed by atoms with E-state index < -0.39 is 70.8 Å². The zero-order valence-corrected chi connectivity index (χ0v) is 18.7. The molecule has 36 heavy (non-hydrogen) atoms. The van der Waals surface area contributed by atoms with Gasteiger partial charge in [0.2, 0.25) is 0 Å². The van der Waals surface area contributed by atoms with Crippen LogP contribution in [0.3, 0.4) is 0 Å². The lowest BCUT2D eigenvalue weighted by Gasteiger charge is -2.20. The van der Waals surface area contributed by atoms with Crippen LogP contribution in [0.5, 0.6) is 5.75 Å². The van der Waals surface area contributed by atoms with E-state index in [2.05, 4.69) is 10.1 Å². The van der Waals surface area contributed by atoms with Crippen LogP contribution >= 0.6 is 0 Å². The molecule has 7 nitrogen and oxygen atoms in total. The first kappa shape index (κ1) is 26.9. The molecule has 1 N–H and O–H groups in total. The van der Waals surface area contributed by atoms with Gasteiger partial charge in [-0.3, -0.25) is 9.55 Å². The molecule has 0 radical (unpaired) electrons. The number of hydrogen-bond acceptors (Lipinski definition) is 5. The van der Waals surface area contributed by atoms with Gasteiger partial charge < -0.3 is 9.84 Å². The summed E-state index contributed by atoms with van der Waals surface area (Å²) in [5.74, 6) is -3.68. The second-order valence-electron chi connectivity index (χ2n) is 7.41. The molecule has 3 aromatic rings. The topological polar surface area (TPSA) is 82.2 Å². The molecule has 0 unspecified atom stereocenters. The molecule has 1 aromatic carbocycles. The van der Waals surface area contributed by atoms with Gasteiger partial charge in [0.1, 0.15) is 29.7 Å². The van der Waals surface area contributed by atoms with E-state index in [-0.39, 0.29) is 12.4 Å². The third-order valence-corrected chi connectivity index (χ3v) is 5.10. The third-order valence-electron chi connectivity index (χ3n) is 5.10.